The Bertz CT molecular complexity index is 762. The van der Waals surface area contributed by atoms with Crippen LogP contribution in [-0.4, -0.2) is 33.3 Å². The molecule has 6 nitrogen and oxygen atoms in total. The molecule has 0 bridgehead atoms. The molecule has 2 amide bonds. The summed E-state index contributed by atoms with van der Waals surface area (Å²) >= 11 is 3.10. The van der Waals surface area contributed by atoms with Crippen molar-refractivity contribution in [1.29, 1.82) is 0 Å². The molecule has 2 N–H and O–H groups in total. The molecule has 0 spiro atoms. The van der Waals surface area contributed by atoms with Gasteiger partial charge in [0, 0.05) is 22.7 Å². The lowest BCUT2D eigenvalue weighted by Gasteiger charge is -2.08. The van der Waals surface area contributed by atoms with Gasteiger partial charge in [-0.1, -0.05) is 30.8 Å². The van der Waals surface area contributed by atoms with E-state index in [1.54, 1.807) is 35.7 Å². The molecule has 0 aliphatic rings. The second kappa shape index (κ2) is 10.9. The quantitative estimate of drug-likeness (QED) is 0.304. The molecular formula is C19H24N4O2S2. The highest BCUT2D eigenvalue weighted by Gasteiger charge is 2.08. The van der Waals surface area contributed by atoms with E-state index < -0.39 is 0 Å². The zero-order chi connectivity index (χ0) is 19.6. The third-order valence-corrected chi connectivity index (χ3v) is 5.52. The first-order valence-electron chi connectivity index (χ1n) is 8.69. The fourth-order valence-corrected chi connectivity index (χ4v) is 3.80. The van der Waals surface area contributed by atoms with E-state index in [1.807, 2.05) is 32.0 Å². The Morgan fingerprint density at radius 2 is 1.70 bits per heavy atom. The topological polar surface area (TPSA) is 84.0 Å². The summed E-state index contributed by atoms with van der Waals surface area (Å²) < 4.78 is 0. The predicted molar refractivity (Wildman–Crippen MR) is 111 cm³/mol. The van der Waals surface area contributed by atoms with Crippen molar-refractivity contribution < 1.29 is 9.59 Å². The van der Waals surface area contributed by atoms with Crippen LogP contribution in [-0.2, 0) is 10.5 Å². The fraction of sp³-hybridized carbons (Fsp3) is 0.368. The number of nitrogens with zero attached hydrogens (tertiary/aromatic N) is 2. The first-order chi connectivity index (χ1) is 13.0. The third-order valence-electron chi connectivity index (χ3n) is 3.44. The van der Waals surface area contributed by atoms with E-state index in [4.69, 9.17) is 0 Å². The van der Waals surface area contributed by atoms with Crippen molar-refractivity contribution in [2.45, 2.75) is 38.1 Å². The summed E-state index contributed by atoms with van der Waals surface area (Å²) in [6.07, 6.45) is 1.02. The first kappa shape index (κ1) is 21.2. The minimum absolute atomic E-state index is 0.205. The van der Waals surface area contributed by atoms with E-state index in [0.717, 1.165) is 40.0 Å². The Hall–Kier alpha value is -2.06. The number of aryl methyl sites for hydroxylation is 2. The smallest absolute Gasteiger partial charge is 0.269 e. The minimum Gasteiger partial charge on any atom is -0.272 e. The monoisotopic (exact) mass is 404 g/mol. The Morgan fingerprint density at radius 1 is 1.04 bits per heavy atom. The number of amides is 2. The SMILES string of the molecule is CCCSCC(=O)NNC(=O)c1ccc(CSc2nc(C)cc(C)n2)cc1. The van der Waals surface area contributed by atoms with Crippen molar-refractivity contribution in [1.82, 2.24) is 20.8 Å². The zero-order valence-corrected chi connectivity index (χ0v) is 17.4. The number of nitrogens with one attached hydrogen (secondary N) is 2. The molecule has 1 heterocycles. The number of benzene rings is 1. The molecule has 0 fully saturated rings. The summed E-state index contributed by atoms with van der Waals surface area (Å²) in [4.78, 5) is 32.5. The summed E-state index contributed by atoms with van der Waals surface area (Å²) in [7, 11) is 0. The number of aromatic nitrogens is 2. The van der Waals surface area contributed by atoms with Gasteiger partial charge in [-0.05, 0) is 49.8 Å². The summed E-state index contributed by atoms with van der Waals surface area (Å²) in [5.41, 5.74) is 8.33. The van der Waals surface area contributed by atoms with E-state index in [1.165, 1.54) is 0 Å². The van der Waals surface area contributed by atoms with Crippen LogP contribution in [0.3, 0.4) is 0 Å². The number of rotatable bonds is 8. The highest BCUT2D eigenvalue weighted by atomic mass is 32.2. The van der Waals surface area contributed by atoms with Crippen LogP contribution in [0.25, 0.3) is 0 Å². The Morgan fingerprint density at radius 3 is 2.33 bits per heavy atom. The van der Waals surface area contributed by atoms with Crippen molar-refractivity contribution in [3.63, 3.8) is 0 Å². The molecule has 0 atom stereocenters. The van der Waals surface area contributed by atoms with Crippen LogP contribution in [0.1, 0.15) is 40.7 Å². The predicted octanol–water partition coefficient (Wildman–Crippen LogP) is 3.29. The van der Waals surface area contributed by atoms with Crippen molar-refractivity contribution >= 4 is 35.3 Å². The standard InChI is InChI=1S/C19H24N4O2S2/c1-4-9-26-12-17(24)22-23-18(25)16-7-5-15(6-8-16)11-27-19-20-13(2)10-14(3)21-19/h5-8,10H,4,9,11-12H2,1-3H3,(H,22,24)(H,23,25). The van der Waals surface area contributed by atoms with E-state index >= 15 is 0 Å². The highest BCUT2D eigenvalue weighted by molar-refractivity contribution is 7.99. The molecule has 2 rings (SSSR count). The molecule has 0 aliphatic carbocycles. The molecule has 0 saturated carbocycles. The van der Waals surface area contributed by atoms with Crippen LogP contribution < -0.4 is 10.9 Å². The van der Waals surface area contributed by atoms with Gasteiger partial charge in [-0.2, -0.15) is 11.8 Å². The summed E-state index contributed by atoms with van der Waals surface area (Å²) in [5.74, 6) is 1.44. The van der Waals surface area contributed by atoms with Gasteiger partial charge in [-0.15, -0.1) is 0 Å². The molecule has 27 heavy (non-hydrogen) atoms. The minimum atomic E-state index is -0.333. The van der Waals surface area contributed by atoms with Crippen LogP contribution in [0.2, 0.25) is 0 Å². The lowest BCUT2D eigenvalue weighted by atomic mass is 10.1. The largest absolute Gasteiger partial charge is 0.272 e. The maximum absolute atomic E-state index is 12.1. The van der Waals surface area contributed by atoms with Gasteiger partial charge in [-0.25, -0.2) is 9.97 Å². The van der Waals surface area contributed by atoms with Crippen molar-refractivity contribution in [2.75, 3.05) is 11.5 Å². The van der Waals surface area contributed by atoms with Gasteiger partial charge >= 0.3 is 0 Å². The molecule has 8 heteroatoms. The van der Waals surface area contributed by atoms with E-state index in [0.29, 0.717) is 11.3 Å². The number of carbonyl (C=O) groups excluding carboxylic acids is 2. The van der Waals surface area contributed by atoms with E-state index in [9.17, 15) is 9.59 Å². The van der Waals surface area contributed by atoms with E-state index in [2.05, 4.69) is 27.7 Å². The maximum Gasteiger partial charge on any atom is 0.269 e. The van der Waals surface area contributed by atoms with Gasteiger partial charge < -0.3 is 0 Å². The zero-order valence-electron chi connectivity index (χ0n) is 15.7. The van der Waals surface area contributed by atoms with Crippen LogP contribution in [0.4, 0.5) is 0 Å². The molecule has 144 valence electrons. The number of hydrazine groups is 1. The lowest BCUT2D eigenvalue weighted by Crippen LogP contribution is -2.42. The summed E-state index contributed by atoms with van der Waals surface area (Å²) in [6.45, 7) is 5.96. The molecule has 0 saturated heterocycles. The van der Waals surface area contributed by atoms with Gasteiger partial charge in [-0.3, -0.25) is 20.4 Å². The molecule has 1 aromatic heterocycles. The molecule has 0 radical (unpaired) electrons. The normalized spacial score (nSPS) is 10.5. The Labute approximate surface area is 168 Å². The van der Waals surface area contributed by atoms with Gasteiger partial charge in [0.05, 0.1) is 5.75 Å². The molecule has 2 aromatic rings. The summed E-state index contributed by atoms with van der Waals surface area (Å²) in [5, 5.41) is 0.748. The van der Waals surface area contributed by atoms with Gasteiger partial charge in [0.15, 0.2) is 5.16 Å². The van der Waals surface area contributed by atoms with Crippen LogP contribution in [0, 0.1) is 13.8 Å². The molecule has 1 aromatic carbocycles. The van der Waals surface area contributed by atoms with Crippen molar-refractivity contribution in [3.8, 4) is 0 Å². The number of hydrogen-bond acceptors (Lipinski definition) is 6. The van der Waals surface area contributed by atoms with Gasteiger partial charge in [0.25, 0.3) is 5.91 Å². The van der Waals surface area contributed by atoms with Crippen LogP contribution >= 0.6 is 23.5 Å². The molecular weight excluding hydrogens is 380 g/mol. The number of carbonyl (C=O) groups is 2. The second-order valence-corrected chi connectivity index (χ2v) is 8.02. The highest BCUT2D eigenvalue weighted by Crippen LogP contribution is 2.20. The van der Waals surface area contributed by atoms with Gasteiger partial charge in [0.2, 0.25) is 5.91 Å². The lowest BCUT2D eigenvalue weighted by molar-refractivity contribution is -0.119. The third kappa shape index (κ3) is 7.60. The van der Waals surface area contributed by atoms with Crippen LogP contribution in [0.5, 0.6) is 0 Å². The second-order valence-electron chi connectivity index (χ2n) is 5.97. The number of thioether (sulfide) groups is 2. The average Bonchev–Trinajstić information content (AvgIpc) is 2.64. The van der Waals surface area contributed by atoms with E-state index in [-0.39, 0.29) is 11.8 Å². The number of hydrogen-bond donors (Lipinski definition) is 2. The Balaban J connectivity index is 1.81. The van der Waals surface area contributed by atoms with Crippen molar-refractivity contribution in [2.24, 2.45) is 0 Å². The average molecular weight is 405 g/mol. The first-order valence-corrected chi connectivity index (χ1v) is 10.8. The fourth-order valence-electron chi connectivity index (χ4n) is 2.20. The van der Waals surface area contributed by atoms with Gasteiger partial charge in [0.1, 0.15) is 0 Å². The van der Waals surface area contributed by atoms with Crippen molar-refractivity contribution in [3.05, 3.63) is 52.8 Å². The molecule has 0 aliphatic heterocycles. The Kier molecular flexibility index (Phi) is 8.60. The van der Waals surface area contributed by atoms with Crippen LogP contribution in [0.15, 0.2) is 35.5 Å². The summed E-state index contributed by atoms with van der Waals surface area (Å²) in [6, 6.07) is 9.21. The molecule has 0 unspecified atom stereocenters. The maximum atomic E-state index is 12.1.